The van der Waals surface area contributed by atoms with Gasteiger partial charge in [0, 0.05) is 12.5 Å². The van der Waals surface area contributed by atoms with Crippen molar-refractivity contribution in [2.24, 2.45) is 5.92 Å². The molecular formula is C13H22N4. The quantitative estimate of drug-likeness (QED) is 0.868. The summed E-state index contributed by atoms with van der Waals surface area (Å²) in [5.41, 5.74) is 0. The van der Waals surface area contributed by atoms with Crippen molar-refractivity contribution in [2.45, 2.75) is 51.5 Å². The summed E-state index contributed by atoms with van der Waals surface area (Å²) >= 11 is 0. The van der Waals surface area contributed by atoms with Gasteiger partial charge in [-0.15, -0.1) is 10.2 Å². The number of hydrogen-bond donors (Lipinski definition) is 1. The zero-order valence-corrected chi connectivity index (χ0v) is 10.7. The van der Waals surface area contributed by atoms with E-state index in [0.717, 1.165) is 31.3 Å². The molecule has 0 aromatic carbocycles. The van der Waals surface area contributed by atoms with E-state index in [-0.39, 0.29) is 0 Å². The number of hydrogen-bond acceptors (Lipinski definition) is 3. The summed E-state index contributed by atoms with van der Waals surface area (Å²) in [5.74, 6) is 3.21. The van der Waals surface area contributed by atoms with Crippen molar-refractivity contribution in [1.82, 2.24) is 20.1 Å². The van der Waals surface area contributed by atoms with E-state index in [1.165, 1.54) is 37.9 Å². The summed E-state index contributed by atoms with van der Waals surface area (Å²) < 4.78 is 2.42. The predicted molar refractivity (Wildman–Crippen MR) is 66.9 cm³/mol. The van der Waals surface area contributed by atoms with E-state index in [4.69, 9.17) is 0 Å². The molecule has 0 bridgehead atoms. The van der Waals surface area contributed by atoms with Gasteiger partial charge >= 0.3 is 0 Å². The number of aromatic nitrogens is 3. The van der Waals surface area contributed by atoms with Crippen LogP contribution in [-0.2, 0) is 6.42 Å². The lowest BCUT2D eigenvalue weighted by atomic mass is 9.83. The van der Waals surface area contributed by atoms with E-state index in [0.29, 0.717) is 6.04 Å². The highest BCUT2D eigenvalue weighted by Gasteiger charge is 2.25. The van der Waals surface area contributed by atoms with Crippen LogP contribution in [0.5, 0.6) is 0 Å². The van der Waals surface area contributed by atoms with Crippen molar-refractivity contribution in [2.75, 3.05) is 13.1 Å². The number of piperidine rings is 1. The van der Waals surface area contributed by atoms with Crippen LogP contribution in [0.2, 0.25) is 0 Å². The Labute approximate surface area is 103 Å². The Morgan fingerprint density at radius 1 is 1.18 bits per heavy atom. The molecule has 0 unspecified atom stereocenters. The molecule has 1 aliphatic heterocycles. The third-order valence-electron chi connectivity index (χ3n) is 4.31. The van der Waals surface area contributed by atoms with E-state index in [2.05, 4.69) is 27.0 Å². The maximum absolute atomic E-state index is 4.41. The molecule has 1 aromatic heterocycles. The fraction of sp³-hybridized carbons (Fsp3) is 0.846. The van der Waals surface area contributed by atoms with Crippen LogP contribution in [0.4, 0.5) is 0 Å². The second-order valence-electron chi connectivity index (χ2n) is 5.52. The highest BCUT2D eigenvalue weighted by molar-refractivity contribution is 5.00. The Kier molecular flexibility index (Phi) is 3.14. The zero-order valence-electron chi connectivity index (χ0n) is 10.7. The van der Waals surface area contributed by atoms with E-state index in [9.17, 15) is 0 Å². The molecule has 94 valence electrons. The van der Waals surface area contributed by atoms with Crippen LogP contribution in [0.15, 0.2) is 0 Å². The molecule has 0 spiro atoms. The minimum Gasteiger partial charge on any atom is -0.317 e. The van der Waals surface area contributed by atoms with Crippen LogP contribution in [-0.4, -0.2) is 27.9 Å². The monoisotopic (exact) mass is 234 g/mol. The second kappa shape index (κ2) is 4.77. The normalized spacial score (nSPS) is 22.6. The predicted octanol–water partition coefficient (Wildman–Crippen LogP) is 1.85. The van der Waals surface area contributed by atoms with E-state index in [1.54, 1.807) is 0 Å². The fourth-order valence-corrected chi connectivity index (χ4v) is 3.05. The first-order valence-corrected chi connectivity index (χ1v) is 6.95. The Hall–Kier alpha value is -0.900. The first-order chi connectivity index (χ1) is 8.34. The molecule has 0 radical (unpaired) electrons. The van der Waals surface area contributed by atoms with Crippen LogP contribution in [0.25, 0.3) is 0 Å². The Balaban J connectivity index is 1.77. The lowest BCUT2D eigenvalue weighted by Crippen LogP contribution is -2.31. The van der Waals surface area contributed by atoms with Gasteiger partial charge in [-0.25, -0.2) is 0 Å². The minimum atomic E-state index is 0.626. The third-order valence-corrected chi connectivity index (χ3v) is 4.31. The van der Waals surface area contributed by atoms with Gasteiger partial charge in [-0.2, -0.15) is 0 Å². The molecule has 0 atom stereocenters. The fourth-order valence-electron chi connectivity index (χ4n) is 3.05. The van der Waals surface area contributed by atoms with Gasteiger partial charge in [-0.1, -0.05) is 19.3 Å². The summed E-state index contributed by atoms with van der Waals surface area (Å²) in [5, 5.41) is 12.1. The molecular weight excluding hydrogens is 212 g/mol. The number of aryl methyl sites for hydroxylation is 1. The summed E-state index contributed by atoms with van der Waals surface area (Å²) in [6.45, 7) is 4.36. The highest BCUT2D eigenvalue weighted by atomic mass is 15.3. The first kappa shape index (κ1) is 11.2. The standard InChI is InChI=1S/C13H22N4/c1-10-15-16-13(9-11-3-2-4-11)17(10)12-5-7-14-8-6-12/h11-12,14H,2-9H2,1H3. The summed E-state index contributed by atoms with van der Waals surface area (Å²) in [7, 11) is 0. The summed E-state index contributed by atoms with van der Waals surface area (Å²) in [4.78, 5) is 0. The molecule has 0 amide bonds. The number of nitrogens with one attached hydrogen (secondary N) is 1. The Bertz CT molecular complexity index is 375. The van der Waals surface area contributed by atoms with E-state index >= 15 is 0 Å². The minimum absolute atomic E-state index is 0.626. The van der Waals surface area contributed by atoms with Gasteiger partial charge in [0.1, 0.15) is 11.6 Å². The van der Waals surface area contributed by atoms with Crippen LogP contribution >= 0.6 is 0 Å². The van der Waals surface area contributed by atoms with Crippen LogP contribution in [0.1, 0.15) is 49.8 Å². The average Bonchev–Trinajstić information content (AvgIpc) is 2.66. The molecule has 2 heterocycles. The van der Waals surface area contributed by atoms with Crippen molar-refractivity contribution in [1.29, 1.82) is 0 Å². The summed E-state index contributed by atoms with van der Waals surface area (Å²) in [6, 6.07) is 0.626. The number of nitrogens with zero attached hydrogens (tertiary/aromatic N) is 3. The van der Waals surface area contributed by atoms with Crippen molar-refractivity contribution in [3.63, 3.8) is 0 Å². The highest BCUT2D eigenvalue weighted by Crippen LogP contribution is 2.31. The maximum Gasteiger partial charge on any atom is 0.133 e. The Morgan fingerprint density at radius 2 is 1.94 bits per heavy atom. The molecule has 2 fully saturated rings. The topological polar surface area (TPSA) is 42.7 Å². The van der Waals surface area contributed by atoms with Gasteiger partial charge in [0.2, 0.25) is 0 Å². The zero-order chi connectivity index (χ0) is 11.7. The third kappa shape index (κ3) is 2.23. The lowest BCUT2D eigenvalue weighted by Gasteiger charge is -2.29. The molecule has 1 N–H and O–H groups in total. The van der Waals surface area contributed by atoms with E-state index in [1.807, 2.05) is 0 Å². The van der Waals surface area contributed by atoms with E-state index < -0.39 is 0 Å². The average molecular weight is 234 g/mol. The van der Waals surface area contributed by atoms with Crippen LogP contribution in [0, 0.1) is 12.8 Å². The molecule has 17 heavy (non-hydrogen) atoms. The second-order valence-corrected chi connectivity index (χ2v) is 5.52. The van der Waals surface area contributed by atoms with Gasteiger partial charge in [0.15, 0.2) is 0 Å². The first-order valence-electron chi connectivity index (χ1n) is 6.95. The van der Waals surface area contributed by atoms with Gasteiger partial charge in [0.25, 0.3) is 0 Å². The van der Waals surface area contributed by atoms with Crippen LogP contribution in [0.3, 0.4) is 0 Å². The Morgan fingerprint density at radius 3 is 2.59 bits per heavy atom. The molecule has 1 saturated heterocycles. The molecule has 2 aliphatic rings. The van der Waals surface area contributed by atoms with Crippen molar-refractivity contribution < 1.29 is 0 Å². The largest absolute Gasteiger partial charge is 0.317 e. The molecule has 1 aromatic rings. The molecule has 3 rings (SSSR count). The van der Waals surface area contributed by atoms with Gasteiger partial charge < -0.3 is 9.88 Å². The molecule has 4 heteroatoms. The molecule has 1 aliphatic carbocycles. The summed E-state index contributed by atoms with van der Waals surface area (Å²) in [6.07, 6.45) is 7.76. The maximum atomic E-state index is 4.41. The lowest BCUT2D eigenvalue weighted by molar-refractivity contribution is 0.293. The molecule has 1 saturated carbocycles. The number of rotatable bonds is 3. The van der Waals surface area contributed by atoms with Crippen molar-refractivity contribution in [3.8, 4) is 0 Å². The van der Waals surface area contributed by atoms with Crippen molar-refractivity contribution in [3.05, 3.63) is 11.6 Å². The SMILES string of the molecule is Cc1nnc(CC2CCC2)n1C1CCNCC1. The van der Waals surface area contributed by atoms with Gasteiger partial charge in [0.05, 0.1) is 0 Å². The smallest absolute Gasteiger partial charge is 0.133 e. The van der Waals surface area contributed by atoms with Gasteiger partial charge in [-0.05, 0) is 38.8 Å². The van der Waals surface area contributed by atoms with Gasteiger partial charge in [-0.3, -0.25) is 0 Å². The van der Waals surface area contributed by atoms with Crippen LogP contribution < -0.4 is 5.32 Å². The molecule has 4 nitrogen and oxygen atoms in total. The van der Waals surface area contributed by atoms with Crippen molar-refractivity contribution >= 4 is 0 Å².